The minimum atomic E-state index is 0.425. The van der Waals surface area contributed by atoms with Gasteiger partial charge in [-0.25, -0.2) is 0 Å². The number of rotatable bonds is 4. The SMILES string of the molecule is COC1CCC(NCc2ccc(C#N)cc2)C1. The highest BCUT2D eigenvalue weighted by atomic mass is 16.5. The van der Waals surface area contributed by atoms with Crippen LogP contribution in [0.1, 0.15) is 30.4 Å². The highest BCUT2D eigenvalue weighted by molar-refractivity contribution is 5.31. The number of nitriles is 1. The normalized spacial score (nSPS) is 23.5. The molecular formula is C14H18N2O. The van der Waals surface area contributed by atoms with E-state index in [-0.39, 0.29) is 0 Å². The Hall–Kier alpha value is -1.37. The molecule has 0 aromatic heterocycles. The molecule has 0 saturated heterocycles. The predicted molar refractivity (Wildman–Crippen MR) is 66.4 cm³/mol. The summed E-state index contributed by atoms with van der Waals surface area (Å²) < 4.78 is 5.35. The maximum Gasteiger partial charge on any atom is 0.0991 e. The molecule has 17 heavy (non-hydrogen) atoms. The number of ether oxygens (including phenoxy) is 1. The van der Waals surface area contributed by atoms with E-state index in [1.54, 1.807) is 7.11 Å². The second kappa shape index (κ2) is 5.81. The lowest BCUT2D eigenvalue weighted by atomic mass is 10.1. The van der Waals surface area contributed by atoms with E-state index in [2.05, 4.69) is 11.4 Å². The molecule has 3 heteroatoms. The summed E-state index contributed by atoms with van der Waals surface area (Å²) in [6.45, 7) is 0.868. The predicted octanol–water partition coefficient (Wildman–Crippen LogP) is 2.22. The first-order valence-corrected chi connectivity index (χ1v) is 6.07. The lowest BCUT2D eigenvalue weighted by Gasteiger charge is -2.12. The van der Waals surface area contributed by atoms with Gasteiger partial charge in [-0.1, -0.05) is 12.1 Å². The first kappa shape index (κ1) is 12.1. The molecule has 1 N–H and O–H groups in total. The van der Waals surface area contributed by atoms with Crippen molar-refractivity contribution in [2.24, 2.45) is 0 Å². The molecule has 1 saturated carbocycles. The summed E-state index contributed by atoms with van der Waals surface area (Å²) in [6.07, 6.45) is 3.87. The summed E-state index contributed by atoms with van der Waals surface area (Å²) in [7, 11) is 1.79. The monoisotopic (exact) mass is 230 g/mol. The van der Waals surface area contributed by atoms with Crippen molar-refractivity contribution in [1.29, 1.82) is 5.26 Å². The van der Waals surface area contributed by atoms with Crippen LogP contribution in [0.3, 0.4) is 0 Å². The highest BCUT2D eigenvalue weighted by Crippen LogP contribution is 2.21. The number of hydrogen-bond acceptors (Lipinski definition) is 3. The van der Waals surface area contributed by atoms with Crippen LogP contribution in [0.25, 0.3) is 0 Å². The molecule has 3 nitrogen and oxygen atoms in total. The zero-order valence-electron chi connectivity index (χ0n) is 10.1. The van der Waals surface area contributed by atoms with E-state index in [0.717, 1.165) is 19.4 Å². The lowest BCUT2D eigenvalue weighted by Crippen LogP contribution is -2.26. The van der Waals surface area contributed by atoms with Crippen molar-refractivity contribution in [1.82, 2.24) is 5.32 Å². The van der Waals surface area contributed by atoms with Crippen LogP contribution >= 0.6 is 0 Å². The van der Waals surface area contributed by atoms with Crippen LogP contribution in [0.4, 0.5) is 0 Å². The number of methoxy groups -OCH3 is 1. The maximum atomic E-state index is 8.71. The second-order valence-electron chi connectivity index (χ2n) is 4.56. The Morgan fingerprint density at radius 2 is 2.12 bits per heavy atom. The fourth-order valence-corrected chi connectivity index (χ4v) is 2.30. The van der Waals surface area contributed by atoms with E-state index in [1.807, 2.05) is 24.3 Å². The highest BCUT2D eigenvalue weighted by Gasteiger charge is 2.23. The summed E-state index contributed by atoms with van der Waals surface area (Å²) in [5, 5.41) is 12.2. The van der Waals surface area contributed by atoms with Gasteiger partial charge in [0.05, 0.1) is 17.7 Å². The standard InChI is InChI=1S/C14H18N2O/c1-17-14-7-6-13(8-14)16-10-12-4-2-11(9-15)3-5-12/h2-5,13-14,16H,6-8,10H2,1H3. The molecule has 0 radical (unpaired) electrons. The van der Waals surface area contributed by atoms with Gasteiger partial charge in [-0.2, -0.15) is 5.26 Å². The van der Waals surface area contributed by atoms with Gasteiger partial charge in [0.25, 0.3) is 0 Å². The molecule has 0 bridgehead atoms. The molecule has 2 atom stereocenters. The summed E-state index contributed by atoms with van der Waals surface area (Å²) in [5.41, 5.74) is 1.94. The minimum absolute atomic E-state index is 0.425. The third-order valence-corrected chi connectivity index (χ3v) is 3.40. The third-order valence-electron chi connectivity index (χ3n) is 3.40. The van der Waals surface area contributed by atoms with Gasteiger partial charge in [0.15, 0.2) is 0 Å². The molecule has 1 aliphatic carbocycles. The van der Waals surface area contributed by atoms with Gasteiger partial charge < -0.3 is 10.1 Å². The molecule has 0 heterocycles. The largest absolute Gasteiger partial charge is 0.381 e. The molecule has 1 aliphatic rings. The van der Waals surface area contributed by atoms with Crippen LogP contribution in [0, 0.1) is 11.3 Å². The Morgan fingerprint density at radius 1 is 1.35 bits per heavy atom. The maximum absolute atomic E-state index is 8.71. The van der Waals surface area contributed by atoms with Gasteiger partial charge in [-0.15, -0.1) is 0 Å². The van der Waals surface area contributed by atoms with Crippen molar-refractivity contribution in [3.8, 4) is 6.07 Å². The van der Waals surface area contributed by atoms with Crippen LogP contribution in [0.15, 0.2) is 24.3 Å². The Labute approximate surface area is 102 Å². The van der Waals surface area contributed by atoms with E-state index in [9.17, 15) is 0 Å². The zero-order chi connectivity index (χ0) is 12.1. The van der Waals surface area contributed by atoms with Crippen molar-refractivity contribution in [3.63, 3.8) is 0 Å². The van der Waals surface area contributed by atoms with E-state index < -0.39 is 0 Å². The van der Waals surface area contributed by atoms with Crippen LogP contribution in [0.2, 0.25) is 0 Å². The van der Waals surface area contributed by atoms with Crippen molar-refractivity contribution < 1.29 is 4.74 Å². The molecule has 0 spiro atoms. The first-order valence-electron chi connectivity index (χ1n) is 6.07. The van der Waals surface area contributed by atoms with Gasteiger partial charge >= 0.3 is 0 Å². The van der Waals surface area contributed by atoms with Crippen LogP contribution in [0.5, 0.6) is 0 Å². The van der Waals surface area contributed by atoms with Gasteiger partial charge in [-0.05, 0) is 37.0 Å². The van der Waals surface area contributed by atoms with Crippen molar-refractivity contribution in [2.75, 3.05) is 7.11 Å². The molecule has 2 rings (SSSR count). The molecule has 0 amide bonds. The summed E-state index contributed by atoms with van der Waals surface area (Å²) in [4.78, 5) is 0. The molecule has 0 aliphatic heterocycles. The second-order valence-corrected chi connectivity index (χ2v) is 4.56. The quantitative estimate of drug-likeness (QED) is 0.862. The molecule has 1 aromatic rings. The molecule has 90 valence electrons. The number of nitrogens with zero attached hydrogens (tertiary/aromatic N) is 1. The molecule has 1 aromatic carbocycles. The third kappa shape index (κ3) is 3.29. The minimum Gasteiger partial charge on any atom is -0.381 e. The van der Waals surface area contributed by atoms with E-state index in [0.29, 0.717) is 17.7 Å². The van der Waals surface area contributed by atoms with Gasteiger partial charge in [0, 0.05) is 19.7 Å². The van der Waals surface area contributed by atoms with Gasteiger partial charge in [0.2, 0.25) is 0 Å². The average Bonchev–Trinajstić information content (AvgIpc) is 2.85. The molecular weight excluding hydrogens is 212 g/mol. The van der Waals surface area contributed by atoms with Gasteiger partial charge in [0.1, 0.15) is 0 Å². The lowest BCUT2D eigenvalue weighted by molar-refractivity contribution is 0.107. The fourth-order valence-electron chi connectivity index (χ4n) is 2.30. The first-order chi connectivity index (χ1) is 8.31. The number of hydrogen-bond donors (Lipinski definition) is 1. The van der Waals surface area contributed by atoms with Gasteiger partial charge in [-0.3, -0.25) is 0 Å². The number of nitrogens with one attached hydrogen (secondary N) is 1. The Kier molecular flexibility index (Phi) is 4.13. The van der Waals surface area contributed by atoms with Crippen molar-refractivity contribution >= 4 is 0 Å². The summed E-state index contributed by atoms with van der Waals surface area (Å²) in [6, 6.07) is 10.4. The van der Waals surface area contributed by atoms with E-state index in [1.165, 1.54) is 12.0 Å². The molecule has 2 unspecified atom stereocenters. The Balaban J connectivity index is 1.80. The van der Waals surface area contributed by atoms with E-state index in [4.69, 9.17) is 10.00 Å². The van der Waals surface area contributed by atoms with Crippen LogP contribution < -0.4 is 5.32 Å². The van der Waals surface area contributed by atoms with Crippen molar-refractivity contribution in [3.05, 3.63) is 35.4 Å². The average molecular weight is 230 g/mol. The topological polar surface area (TPSA) is 45.0 Å². The Morgan fingerprint density at radius 3 is 2.71 bits per heavy atom. The van der Waals surface area contributed by atoms with Crippen LogP contribution in [-0.2, 0) is 11.3 Å². The smallest absolute Gasteiger partial charge is 0.0991 e. The summed E-state index contributed by atoms with van der Waals surface area (Å²) >= 11 is 0. The van der Waals surface area contributed by atoms with E-state index >= 15 is 0 Å². The number of benzene rings is 1. The van der Waals surface area contributed by atoms with Crippen LogP contribution in [-0.4, -0.2) is 19.3 Å². The Bertz CT molecular complexity index is 394. The van der Waals surface area contributed by atoms with Crippen molar-refractivity contribution in [2.45, 2.75) is 38.0 Å². The fraction of sp³-hybridized carbons (Fsp3) is 0.500. The molecule has 1 fully saturated rings. The summed E-state index contributed by atoms with van der Waals surface area (Å²) in [5.74, 6) is 0. The zero-order valence-corrected chi connectivity index (χ0v) is 10.1.